The Morgan fingerprint density at radius 1 is 0.938 bits per heavy atom. The molecule has 0 aromatic heterocycles. The molecule has 1 aromatic rings. The van der Waals surface area contributed by atoms with E-state index in [0.29, 0.717) is 36.8 Å². The van der Waals surface area contributed by atoms with Crippen molar-refractivity contribution in [3.8, 4) is 11.5 Å². The Morgan fingerprint density at radius 3 is 2.03 bits per heavy atom. The molecule has 0 heterocycles. The first-order valence-electron chi connectivity index (χ1n) is 11.7. The summed E-state index contributed by atoms with van der Waals surface area (Å²) < 4.78 is 11.6. The fraction of sp³-hybridized carbons (Fsp3) is 0.600. The van der Waals surface area contributed by atoms with Crippen LogP contribution in [0.4, 0.5) is 5.69 Å². The van der Waals surface area contributed by atoms with Gasteiger partial charge in [-0.15, -0.1) is 0 Å². The highest BCUT2D eigenvalue weighted by Crippen LogP contribution is 2.38. The fourth-order valence-electron chi connectivity index (χ4n) is 3.65. The number of hydrogen-bond donors (Lipinski definition) is 2. The number of carbonyl (C=O) groups is 2. The molecule has 1 rings (SSSR count). The summed E-state index contributed by atoms with van der Waals surface area (Å²) in [4.78, 5) is 24.2. The predicted molar refractivity (Wildman–Crippen MR) is 127 cm³/mol. The molecule has 7 heteroatoms. The summed E-state index contributed by atoms with van der Waals surface area (Å²) in [7, 11) is 1.58. The Labute approximate surface area is 192 Å². The summed E-state index contributed by atoms with van der Waals surface area (Å²) in [6.45, 7) is 7.03. The molecule has 0 saturated carbocycles. The number of aliphatic carboxylic acids is 2. The molecule has 0 atom stereocenters. The molecule has 32 heavy (non-hydrogen) atoms. The largest absolute Gasteiger partial charge is 0.492 e. The number of hydrogen-bond acceptors (Lipinski definition) is 5. The Hall–Kier alpha value is -2.70. The summed E-state index contributed by atoms with van der Waals surface area (Å²) >= 11 is 0. The number of rotatable bonds is 17. The van der Waals surface area contributed by atoms with Crippen LogP contribution in [-0.4, -0.2) is 42.4 Å². The molecule has 7 nitrogen and oxygen atoms in total. The second-order valence-electron chi connectivity index (χ2n) is 7.71. The van der Waals surface area contributed by atoms with Crippen LogP contribution in [-0.2, 0) is 16.0 Å². The van der Waals surface area contributed by atoms with Gasteiger partial charge in [0, 0.05) is 24.0 Å². The maximum atomic E-state index is 11.3. The zero-order valence-electron chi connectivity index (χ0n) is 20.0. The van der Waals surface area contributed by atoms with Gasteiger partial charge in [-0.3, -0.25) is 0 Å². The standard InChI is InChI=1S/C25H39NO6/c1-5-8-9-10-11-12-13-14-17-32-22-16-15-21(19(6-2)23(22)31-4)26(7-3)18-20(24(27)28)25(29)30/h15-16,18H,5-14,17H2,1-4H3,(H,27,28)(H,29,30). The van der Waals surface area contributed by atoms with Gasteiger partial charge in [0.25, 0.3) is 0 Å². The molecule has 0 aliphatic heterocycles. The third-order valence-corrected chi connectivity index (χ3v) is 5.41. The van der Waals surface area contributed by atoms with Crippen molar-refractivity contribution in [3.05, 3.63) is 29.5 Å². The lowest BCUT2D eigenvalue weighted by Gasteiger charge is -2.25. The van der Waals surface area contributed by atoms with Crippen molar-refractivity contribution in [1.82, 2.24) is 0 Å². The summed E-state index contributed by atoms with van der Waals surface area (Å²) in [6.07, 6.45) is 11.6. The van der Waals surface area contributed by atoms with E-state index >= 15 is 0 Å². The van der Waals surface area contributed by atoms with Crippen LogP contribution in [0.2, 0.25) is 0 Å². The van der Waals surface area contributed by atoms with Gasteiger partial charge in [-0.25, -0.2) is 9.59 Å². The van der Waals surface area contributed by atoms with Crippen molar-refractivity contribution in [2.45, 2.75) is 78.6 Å². The van der Waals surface area contributed by atoms with Crippen LogP contribution >= 0.6 is 0 Å². The molecule has 0 spiro atoms. The third-order valence-electron chi connectivity index (χ3n) is 5.41. The van der Waals surface area contributed by atoms with E-state index in [2.05, 4.69) is 6.92 Å². The number of carboxylic acids is 2. The Balaban J connectivity index is 2.89. The van der Waals surface area contributed by atoms with E-state index < -0.39 is 17.5 Å². The number of carboxylic acid groups (broad SMARTS) is 2. The highest BCUT2D eigenvalue weighted by atomic mass is 16.5. The van der Waals surface area contributed by atoms with Crippen molar-refractivity contribution >= 4 is 17.6 Å². The molecule has 2 N–H and O–H groups in total. The second kappa shape index (κ2) is 15.2. The Bertz CT molecular complexity index is 743. The van der Waals surface area contributed by atoms with Gasteiger partial charge in [0.2, 0.25) is 0 Å². The lowest BCUT2D eigenvalue weighted by Crippen LogP contribution is -2.22. The van der Waals surface area contributed by atoms with Gasteiger partial charge in [-0.05, 0) is 31.9 Å². The number of nitrogens with zero attached hydrogens (tertiary/aromatic N) is 1. The molecule has 0 fully saturated rings. The molecule has 0 unspecified atom stereocenters. The monoisotopic (exact) mass is 449 g/mol. The second-order valence-corrected chi connectivity index (χ2v) is 7.71. The van der Waals surface area contributed by atoms with E-state index in [1.807, 2.05) is 19.9 Å². The van der Waals surface area contributed by atoms with Crippen molar-refractivity contribution in [2.24, 2.45) is 0 Å². The molecule has 0 aliphatic rings. The van der Waals surface area contributed by atoms with E-state index in [-0.39, 0.29) is 0 Å². The van der Waals surface area contributed by atoms with Crippen molar-refractivity contribution in [3.63, 3.8) is 0 Å². The average molecular weight is 450 g/mol. The maximum Gasteiger partial charge on any atom is 0.344 e. The molecule has 0 aliphatic carbocycles. The first-order valence-corrected chi connectivity index (χ1v) is 11.7. The number of unbranched alkanes of at least 4 members (excludes halogenated alkanes) is 7. The quantitative estimate of drug-likeness (QED) is 0.137. The third kappa shape index (κ3) is 8.44. The number of methoxy groups -OCH3 is 1. The van der Waals surface area contributed by atoms with Gasteiger partial charge in [-0.1, -0.05) is 58.8 Å². The SMILES string of the molecule is CCCCCCCCCCOc1ccc(N(C=C(C(=O)O)C(=O)O)CC)c(CC)c1OC. The van der Waals surface area contributed by atoms with Gasteiger partial charge >= 0.3 is 11.9 Å². The Morgan fingerprint density at radius 2 is 1.53 bits per heavy atom. The molecule has 0 bridgehead atoms. The molecular formula is C25H39NO6. The van der Waals surface area contributed by atoms with Gasteiger partial charge in [0.15, 0.2) is 17.1 Å². The van der Waals surface area contributed by atoms with Gasteiger partial charge < -0.3 is 24.6 Å². The number of ether oxygens (including phenoxy) is 2. The summed E-state index contributed by atoms with van der Waals surface area (Å²) in [5.74, 6) is -1.71. The summed E-state index contributed by atoms with van der Waals surface area (Å²) in [5.41, 5.74) is 0.850. The first kappa shape index (κ1) is 27.3. The van der Waals surface area contributed by atoms with Crippen LogP contribution in [0.5, 0.6) is 11.5 Å². The minimum absolute atomic E-state index is 0.401. The number of anilines is 1. The van der Waals surface area contributed by atoms with Crippen LogP contribution in [0, 0.1) is 0 Å². The van der Waals surface area contributed by atoms with E-state index in [0.717, 1.165) is 24.6 Å². The number of benzene rings is 1. The zero-order chi connectivity index (χ0) is 23.9. The van der Waals surface area contributed by atoms with Crippen LogP contribution < -0.4 is 14.4 Å². The van der Waals surface area contributed by atoms with Crippen molar-refractivity contribution in [2.75, 3.05) is 25.2 Å². The molecule has 0 amide bonds. The van der Waals surface area contributed by atoms with Crippen LogP contribution in [0.1, 0.15) is 77.7 Å². The van der Waals surface area contributed by atoms with E-state index in [9.17, 15) is 19.8 Å². The van der Waals surface area contributed by atoms with Crippen LogP contribution in [0.25, 0.3) is 0 Å². The molecular weight excluding hydrogens is 410 g/mol. The molecule has 0 radical (unpaired) electrons. The summed E-state index contributed by atoms with van der Waals surface area (Å²) in [5, 5.41) is 18.4. The molecule has 1 aromatic carbocycles. The Kier molecular flexibility index (Phi) is 12.9. The smallest absolute Gasteiger partial charge is 0.344 e. The van der Waals surface area contributed by atoms with Gasteiger partial charge in [-0.2, -0.15) is 0 Å². The molecule has 180 valence electrons. The highest BCUT2D eigenvalue weighted by molar-refractivity contribution is 6.12. The zero-order valence-corrected chi connectivity index (χ0v) is 20.0. The maximum absolute atomic E-state index is 11.3. The predicted octanol–water partition coefficient (Wildman–Crippen LogP) is 5.66. The van der Waals surface area contributed by atoms with E-state index in [1.54, 1.807) is 18.1 Å². The van der Waals surface area contributed by atoms with Gasteiger partial charge in [0.1, 0.15) is 0 Å². The average Bonchev–Trinajstić information content (AvgIpc) is 2.77. The first-order chi connectivity index (χ1) is 15.4. The van der Waals surface area contributed by atoms with Crippen molar-refractivity contribution in [1.29, 1.82) is 0 Å². The van der Waals surface area contributed by atoms with Crippen LogP contribution in [0.3, 0.4) is 0 Å². The van der Waals surface area contributed by atoms with Crippen LogP contribution in [0.15, 0.2) is 23.9 Å². The lowest BCUT2D eigenvalue weighted by atomic mass is 10.1. The normalized spacial score (nSPS) is 10.5. The van der Waals surface area contributed by atoms with Gasteiger partial charge in [0.05, 0.1) is 13.7 Å². The van der Waals surface area contributed by atoms with E-state index in [4.69, 9.17) is 9.47 Å². The lowest BCUT2D eigenvalue weighted by molar-refractivity contribution is -0.140. The topological polar surface area (TPSA) is 96.3 Å². The highest BCUT2D eigenvalue weighted by Gasteiger charge is 2.21. The van der Waals surface area contributed by atoms with Crippen molar-refractivity contribution < 1.29 is 29.3 Å². The fourth-order valence-corrected chi connectivity index (χ4v) is 3.65. The minimum atomic E-state index is -1.48. The van der Waals surface area contributed by atoms with E-state index in [1.165, 1.54) is 38.5 Å². The summed E-state index contributed by atoms with van der Waals surface area (Å²) in [6, 6.07) is 3.63. The minimum Gasteiger partial charge on any atom is -0.492 e. The molecule has 0 saturated heterocycles.